The van der Waals surface area contributed by atoms with Crippen molar-refractivity contribution in [3.63, 3.8) is 0 Å². The van der Waals surface area contributed by atoms with Gasteiger partial charge in [-0.05, 0) is 43.5 Å². The Bertz CT molecular complexity index is 473. The summed E-state index contributed by atoms with van der Waals surface area (Å²) in [4.78, 5) is 14.4. The summed E-state index contributed by atoms with van der Waals surface area (Å²) < 4.78 is 0. The van der Waals surface area contributed by atoms with Crippen LogP contribution in [0.25, 0.3) is 0 Å². The predicted octanol–water partition coefficient (Wildman–Crippen LogP) is 4.06. The lowest BCUT2D eigenvalue weighted by Gasteiger charge is -2.29. The molecular formula is C17H26Cl2N2O. The van der Waals surface area contributed by atoms with Gasteiger partial charge >= 0.3 is 0 Å². The molecule has 0 spiro atoms. The van der Waals surface area contributed by atoms with Crippen molar-refractivity contribution < 1.29 is 4.79 Å². The zero-order valence-electron chi connectivity index (χ0n) is 13.3. The summed E-state index contributed by atoms with van der Waals surface area (Å²) in [6.45, 7) is 6.92. The minimum Gasteiger partial charge on any atom is -0.354 e. The van der Waals surface area contributed by atoms with Crippen molar-refractivity contribution in [2.24, 2.45) is 5.92 Å². The molecule has 1 N–H and O–H groups in total. The highest BCUT2D eigenvalue weighted by molar-refractivity contribution is 6.31. The first-order valence-corrected chi connectivity index (χ1v) is 8.21. The molecule has 1 saturated heterocycles. The molecule has 3 nitrogen and oxygen atoms in total. The second kappa shape index (κ2) is 9.39. The minimum absolute atomic E-state index is 0. The van der Waals surface area contributed by atoms with Crippen LogP contribution in [0.1, 0.15) is 44.7 Å². The lowest BCUT2D eigenvalue weighted by Crippen LogP contribution is -2.37. The van der Waals surface area contributed by atoms with E-state index in [0.29, 0.717) is 18.9 Å². The maximum atomic E-state index is 11.9. The Hall–Kier alpha value is -0.770. The van der Waals surface area contributed by atoms with E-state index >= 15 is 0 Å². The average molecular weight is 345 g/mol. The van der Waals surface area contributed by atoms with E-state index in [1.807, 2.05) is 18.2 Å². The monoisotopic (exact) mass is 344 g/mol. The number of nitrogens with zero attached hydrogens (tertiary/aromatic N) is 1. The third-order valence-electron chi connectivity index (χ3n) is 3.93. The topological polar surface area (TPSA) is 32.3 Å². The van der Waals surface area contributed by atoms with Gasteiger partial charge in [-0.25, -0.2) is 0 Å². The number of nitrogens with one attached hydrogen (secondary N) is 1. The molecule has 1 fully saturated rings. The molecule has 0 aromatic heterocycles. The van der Waals surface area contributed by atoms with Crippen LogP contribution >= 0.6 is 24.0 Å². The number of hydrogen-bond donors (Lipinski definition) is 1. The van der Waals surface area contributed by atoms with Gasteiger partial charge in [-0.15, -0.1) is 12.4 Å². The fourth-order valence-electron chi connectivity index (χ4n) is 2.89. The van der Waals surface area contributed by atoms with Gasteiger partial charge < -0.3 is 5.32 Å². The molecule has 22 heavy (non-hydrogen) atoms. The Balaban J connectivity index is 0.00000242. The highest BCUT2D eigenvalue weighted by Crippen LogP contribution is 2.29. The number of rotatable bonds is 6. The highest BCUT2D eigenvalue weighted by atomic mass is 35.5. The van der Waals surface area contributed by atoms with Crippen molar-refractivity contribution in [2.45, 2.75) is 39.2 Å². The van der Waals surface area contributed by atoms with Gasteiger partial charge in [0.05, 0.1) is 6.04 Å². The van der Waals surface area contributed by atoms with Crippen molar-refractivity contribution in [1.29, 1.82) is 0 Å². The fraction of sp³-hybridized carbons (Fsp3) is 0.588. The summed E-state index contributed by atoms with van der Waals surface area (Å²) in [7, 11) is 0. The zero-order valence-corrected chi connectivity index (χ0v) is 14.9. The highest BCUT2D eigenvalue weighted by Gasteiger charge is 2.25. The molecule has 1 aliphatic rings. The Morgan fingerprint density at radius 3 is 2.50 bits per heavy atom. The number of benzene rings is 1. The van der Waals surface area contributed by atoms with Crippen molar-refractivity contribution in [3.05, 3.63) is 34.9 Å². The van der Waals surface area contributed by atoms with Crippen LogP contribution in [0.5, 0.6) is 0 Å². The summed E-state index contributed by atoms with van der Waals surface area (Å²) in [5.74, 6) is 0.511. The van der Waals surface area contributed by atoms with Gasteiger partial charge in [-0.2, -0.15) is 0 Å². The first-order valence-electron chi connectivity index (χ1n) is 7.83. The molecule has 0 aliphatic carbocycles. The van der Waals surface area contributed by atoms with Crippen LogP contribution in [0.15, 0.2) is 24.3 Å². The van der Waals surface area contributed by atoms with Crippen molar-refractivity contribution >= 4 is 29.9 Å². The molecule has 5 heteroatoms. The molecule has 124 valence electrons. The summed E-state index contributed by atoms with van der Waals surface area (Å²) in [5, 5.41) is 3.86. The van der Waals surface area contributed by atoms with E-state index in [0.717, 1.165) is 23.7 Å². The Labute approximate surface area is 144 Å². The summed E-state index contributed by atoms with van der Waals surface area (Å²) in [6, 6.07) is 8.14. The van der Waals surface area contributed by atoms with Crippen LogP contribution < -0.4 is 5.32 Å². The average Bonchev–Trinajstić information content (AvgIpc) is 2.94. The predicted molar refractivity (Wildman–Crippen MR) is 94.7 cm³/mol. The molecule has 1 aromatic rings. The molecule has 1 heterocycles. The number of hydrogen-bond acceptors (Lipinski definition) is 2. The van der Waals surface area contributed by atoms with E-state index in [9.17, 15) is 4.79 Å². The smallest absolute Gasteiger partial charge is 0.220 e. The Kier molecular flexibility index (Phi) is 8.23. The fourth-order valence-corrected chi connectivity index (χ4v) is 3.15. The van der Waals surface area contributed by atoms with Crippen LogP contribution in [-0.4, -0.2) is 30.4 Å². The van der Waals surface area contributed by atoms with Gasteiger partial charge in [0.2, 0.25) is 5.91 Å². The molecule has 1 atom stereocenters. The third kappa shape index (κ3) is 5.45. The Morgan fingerprint density at radius 1 is 1.27 bits per heavy atom. The van der Waals surface area contributed by atoms with Crippen LogP contribution in [-0.2, 0) is 4.79 Å². The normalized spacial score (nSPS) is 16.4. The van der Waals surface area contributed by atoms with Gasteiger partial charge in [0.25, 0.3) is 0 Å². The number of halogens is 2. The van der Waals surface area contributed by atoms with Crippen LogP contribution in [0.2, 0.25) is 5.02 Å². The zero-order chi connectivity index (χ0) is 15.2. The van der Waals surface area contributed by atoms with Gasteiger partial charge in [-0.1, -0.05) is 43.6 Å². The van der Waals surface area contributed by atoms with E-state index in [1.165, 1.54) is 12.8 Å². The minimum atomic E-state index is 0. The van der Waals surface area contributed by atoms with Crippen molar-refractivity contribution in [2.75, 3.05) is 19.6 Å². The van der Waals surface area contributed by atoms with Crippen molar-refractivity contribution in [3.8, 4) is 0 Å². The van der Waals surface area contributed by atoms with Gasteiger partial charge in [-0.3, -0.25) is 9.69 Å². The van der Waals surface area contributed by atoms with Crippen LogP contribution in [0, 0.1) is 5.92 Å². The number of carbonyl (C=O) groups excluding carboxylic acids is 1. The summed E-state index contributed by atoms with van der Waals surface area (Å²) in [5.41, 5.74) is 1.12. The Morgan fingerprint density at radius 2 is 1.91 bits per heavy atom. The molecule has 1 aromatic carbocycles. The van der Waals surface area contributed by atoms with E-state index in [1.54, 1.807) is 0 Å². The van der Waals surface area contributed by atoms with Crippen molar-refractivity contribution in [1.82, 2.24) is 10.2 Å². The first kappa shape index (κ1) is 19.3. The van der Waals surface area contributed by atoms with E-state index < -0.39 is 0 Å². The number of amides is 1. The molecule has 0 bridgehead atoms. The summed E-state index contributed by atoms with van der Waals surface area (Å²) >= 11 is 6.36. The molecule has 1 aliphatic heterocycles. The second-order valence-corrected chi connectivity index (χ2v) is 6.59. The largest absolute Gasteiger partial charge is 0.354 e. The van der Waals surface area contributed by atoms with Gasteiger partial charge in [0, 0.05) is 18.0 Å². The second-order valence-electron chi connectivity index (χ2n) is 6.18. The first-order chi connectivity index (χ1) is 10.1. The molecule has 1 amide bonds. The maximum Gasteiger partial charge on any atom is 0.220 e. The van der Waals surface area contributed by atoms with Gasteiger partial charge in [0.15, 0.2) is 0 Å². The number of carbonyl (C=O) groups is 1. The van der Waals surface area contributed by atoms with Crippen LogP contribution in [0.3, 0.4) is 0 Å². The lowest BCUT2D eigenvalue weighted by atomic mass is 10.0. The van der Waals surface area contributed by atoms with E-state index in [2.05, 4.69) is 30.1 Å². The molecule has 0 radical (unpaired) electrons. The molecular weight excluding hydrogens is 319 g/mol. The SMILES string of the molecule is CC(C)CC(=O)NCC(c1ccccc1Cl)N1CCCC1.Cl. The lowest BCUT2D eigenvalue weighted by molar-refractivity contribution is -0.122. The summed E-state index contributed by atoms with van der Waals surface area (Å²) in [6.07, 6.45) is 3.02. The van der Waals surface area contributed by atoms with Crippen LogP contribution in [0.4, 0.5) is 0 Å². The number of likely N-dealkylation sites (tertiary alicyclic amines) is 1. The van der Waals surface area contributed by atoms with E-state index in [4.69, 9.17) is 11.6 Å². The quantitative estimate of drug-likeness (QED) is 0.843. The molecule has 1 unspecified atom stereocenters. The maximum absolute atomic E-state index is 11.9. The molecule has 2 rings (SSSR count). The molecule has 0 saturated carbocycles. The van der Waals surface area contributed by atoms with Gasteiger partial charge in [0.1, 0.15) is 0 Å². The third-order valence-corrected chi connectivity index (χ3v) is 4.28. The standard InChI is InChI=1S/C17H25ClN2O.ClH/c1-13(2)11-17(21)19-12-16(20-9-5-6-10-20)14-7-3-4-8-15(14)18;/h3-4,7-8,13,16H,5-6,9-12H2,1-2H3,(H,19,21);1H. The van der Waals surface area contributed by atoms with E-state index in [-0.39, 0.29) is 24.4 Å².